The molecule has 0 saturated carbocycles. The molecule has 0 saturated heterocycles. The molecular formula is C23H21ClN6O3. The lowest BCUT2D eigenvalue weighted by atomic mass is 10.1. The summed E-state index contributed by atoms with van der Waals surface area (Å²) in [5.74, 6) is 0.958. The third-order valence-electron chi connectivity index (χ3n) is 4.50. The zero-order valence-electron chi connectivity index (χ0n) is 18.0. The van der Waals surface area contributed by atoms with E-state index >= 15 is 0 Å². The van der Waals surface area contributed by atoms with Gasteiger partial charge in [-0.15, -0.1) is 0 Å². The third kappa shape index (κ3) is 5.69. The smallest absolute Gasteiger partial charge is 0.340 e. The predicted molar refractivity (Wildman–Crippen MR) is 124 cm³/mol. The first-order valence-corrected chi connectivity index (χ1v) is 10.7. The van der Waals surface area contributed by atoms with Crippen LogP contribution in [0, 0.1) is 0 Å². The van der Waals surface area contributed by atoms with Crippen molar-refractivity contribution in [3.8, 4) is 11.6 Å². The molecule has 168 valence electrons. The first-order chi connectivity index (χ1) is 16.0. The molecule has 10 heteroatoms. The third-order valence-corrected chi connectivity index (χ3v) is 4.77. The van der Waals surface area contributed by atoms with Crippen LogP contribution in [0.1, 0.15) is 29.8 Å². The number of rotatable bonds is 8. The summed E-state index contributed by atoms with van der Waals surface area (Å²) in [5, 5.41) is 3.50. The molecule has 0 aliphatic heterocycles. The quantitative estimate of drug-likeness (QED) is 0.377. The van der Waals surface area contributed by atoms with E-state index in [1.807, 2.05) is 24.3 Å². The molecule has 33 heavy (non-hydrogen) atoms. The zero-order chi connectivity index (χ0) is 23.2. The normalized spacial score (nSPS) is 10.9. The Labute approximate surface area is 195 Å². The second-order valence-electron chi connectivity index (χ2n) is 7.34. The van der Waals surface area contributed by atoms with E-state index < -0.39 is 5.97 Å². The van der Waals surface area contributed by atoms with E-state index in [-0.39, 0.29) is 22.6 Å². The second-order valence-corrected chi connectivity index (χ2v) is 7.75. The molecule has 0 fully saturated rings. The number of nitrogens with zero attached hydrogens (tertiary/aromatic N) is 5. The Kier molecular flexibility index (Phi) is 6.89. The number of hydrogen-bond donors (Lipinski definition) is 1. The number of carbonyl (C=O) groups excluding carboxylic acids is 1. The van der Waals surface area contributed by atoms with Crippen molar-refractivity contribution in [2.75, 3.05) is 11.9 Å². The van der Waals surface area contributed by atoms with Crippen LogP contribution in [0.15, 0.2) is 55.2 Å². The van der Waals surface area contributed by atoms with Crippen LogP contribution in [-0.4, -0.2) is 43.5 Å². The molecule has 1 N–H and O–H groups in total. The Balaban J connectivity index is 1.34. The van der Waals surface area contributed by atoms with Crippen molar-refractivity contribution >= 4 is 34.6 Å². The molecule has 0 aliphatic rings. The lowest BCUT2D eigenvalue weighted by Crippen LogP contribution is -2.12. The van der Waals surface area contributed by atoms with Crippen LogP contribution in [0.25, 0.3) is 11.2 Å². The fourth-order valence-corrected chi connectivity index (χ4v) is 3.18. The molecular weight excluding hydrogens is 444 g/mol. The van der Waals surface area contributed by atoms with Crippen LogP contribution in [0.2, 0.25) is 5.02 Å². The van der Waals surface area contributed by atoms with Gasteiger partial charge in [0.15, 0.2) is 11.5 Å². The van der Waals surface area contributed by atoms with Crippen molar-refractivity contribution in [2.24, 2.45) is 0 Å². The minimum atomic E-state index is -0.481. The summed E-state index contributed by atoms with van der Waals surface area (Å²) < 4.78 is 10.9. The Morgan fingerprint density at radius 2 is 1.85 bits per heavy atom. The van der Waals surface area contributed by atoms with E-state index in [0.717, 1.165) is 12.0 Å². The number of benzene rings is 1. The first kappa shape index (κ1) is 22.3. The molecule has 0 amide bonds. The van der Waals surface area contributed by atoms with E-state index in [2.05, 4.69) is 30.2 Å². The van der Waals surface area contributed by atoms with Gasteiger partial charge in [0.25, 0.3) is 0 Å². The van der Waals surface area contributed by atoms with Crippen LogP contribution < -0.4 is 10.1 Å². The number of halogens is 1. The van der Waals surface area contributed by atoms with Gasteiger partial charge < -0.3 is 14.8 Å². The molecule has 4 aromatic rings. The molecule has 0 bridgehead atoms. The van der Waals surface area contributed by atoms with Crippen molar-refractivity contribution < 1.29 is 14.3 Å². The number of pyridine rings is 1. The minimum Gasteiger partial charge on any atom is -0.459 e. The van der Waals surface area contributed by atoms with Gasteiger partial charge in [-0.1, -0.05) is 23.7 Å². The monoisotopic (exact) mass is 464 g/mol. The first-order valence-electron chi connectivity index (χ1n) is 10.3. The largest absolute Gasteiger partial charge is 0.459 e. The van der Waals surface area contributed by atoms with E-state index in [4.69, 9.17) is 21.1 Å². The molecule has 0 spiro atoms. The lowest BCUT2D eigenvalue weighted by molar-refractivity contribution is 0.0377. The van der Waals surface area contributed by atoms with Crippen LogP contribution in [-0.2, 0) is 11.2 Å². The van der Waals surface area contributed by atoms with Crippen LogP contribution in [0.5, 0.6) is 11.6 Å². The van der Waals surface area contributed by atoms with Crippen molar-refractivity contribution in [3.05, 3.63) is 71.4 Å². The number of ether oxygens (including phenoxy) is 2. The second kappa shape index (κ2) is 10.2. The maximum absolute atomic E-state index is 12.0. The highest BCUT2D eigenvalue weighted by Gasteiger charge is 2.14. The van der Waals surface area contributed by atoms with E-state index in [1.165, 1.54) is 18.6 Å². The Bertz CT molecular complexity index is 1260. The number of nitrogens with one attached hydrogen (secondary N) is 1. The van der Waals surface area contributed by atoms with Gasteiger partial charge in [0.2, 0.25) is 5.88 Å². The lowest BCUT2D eigenvalue weighted by Gasteiger charge is -2.10. The molecule has 9 nitrogen and oxygen atoms in total. The van der Waals surface area contributed by atoms with Gasteiger partial charge in [-0.2, -0.15) is 0 Å². The molecule has 0 atom stereocenters. The topological polar surface area (TPSA) is 112 Å². The number of carbonyl (C=O) groups is 1. The maximum atomic E-state index is 12.0. The van der Waals surface area contributed by atoms with Gasteiger partial charge in [-0.3, -0.25) is 0 Å². The van der Waals surface area contributed by atoms with E-state index in [1.54, 1.807) is 26.2 Å². The zero-order valence-corrected chi connectivity index (χ0v) is 18.8. The summed E-state index contributed by atoms with van der Waals surface area (Å²) in [6.45, 7) is 4.21. The number of aromatic nitrogens is 5. The Morgan fingerprint density at radius 1 is 1.06 bits per heavy atom. The van der Waals surface area contributed by atoms with Gasteiger partial charge in [0.1, 0.15) is 22.6 Å². The molecule has 0 unspecified atom stereocenters. The average molecular weight is 465 g/mol. The molecule has 3 heterocycles. The number of anilines is 1. The fourth-order valence-electron chi connectivity index (χ4n) is 2.98. The van der Waals surface area contributed by atoms with Gasteiger partial charge >= 0.3 is 5.97 Å². The summed E-state index contributed by atoms with van der Waals surface area (Å²) in [7, 11) is 0. The van der Waals surface area contributed by atoms with Crippen LogP contribution in [0.3, 0.4) is 0 Å². The van der Waals surface area contributed by atoms with Gasteiger partial charge in [0.05, 0.1) is 11.7 Å². The summed E-state index contributed by atoms with van der Waals surface area (Å²) in [6, 6.07) is 9.06. The van der Waals surface area contributed by atoms with Crippen LogP contribution in [0.4, 0.5) is 5.82 Å². The summed E-state index contributed by atoms with van der Waals surface area (Å²) in [6.07, 6.45) is 6.59. The number of fused-ring (bicyclic) bond motifs is 1. The standard InChI is InChI=1S/C23H21ClN6O3/c1-14(2)32-23(31)16-11-18(24)22(28-12-16)33-17-5-3-15(4-6-17)7-8-26-20-19-21(30-13-29-20)27-10-9-25-19/h3-6,9-14H,7-8H2,1-2H3,(H,26,27,29,30). The van der Waals surface area contributed by atoms with Gasteiger partial charge in [0, 0.05) is 25.1 Å². The highest BCUT2D eigenvalue weighted by atomic mass is 35.5. The maximum Gasteiger partial charge on any atom is 0.340 e. The fraction of sp³-hybridized carbons (Fsp3) is 0.217. The van der Waals surface area contributed by atoms with Crippen molar-refractivity contribution in [3.63, 3.8) is 0 Å². The molecule has 0 aliphatic carbocycles. The minimum absolute atomic E-state index is 0.212. The van der Waals surface area contributed by atoms with Crippen molar-refractivity contribution in [1.82, 2.24) is 24.9 Å². The molecule has 0 radical (unpaired) electrons. The molecule has 1 aromatic carbocycles. The van der Waals surface area contributed by atoms with Crippen molar-refractivity contribution in [1.29, 1.82) is 0 Å². The van der Waals surface area contributed by atoms with Gasteiger partial charge in [-0.05, 0) is 44.0 Å². The van der Waals surface area contributed by atoms with E-state index in [9.17, 15) is 4.79 Å². The van der Waals surface area contributed by atoms with Crippen molar-refractivity contribution in [2.45, 2.75) is 26.4 Å². The number of esters is 1. The number of hydrogen-bond acceptors (Lipinski definition) is 9. The predicted octanol–water partition coefficient (Wildman–Crippen LogP) is 4.48. The highest BCUT2D eigenvalue weighted by Crippen LogP contribution is 2.28. The summed E-state index contributed by atoms with van der Waals surface area (Å²) >= 11 is 6.24. The highest BCUT2D eigenvalue weighted by molar-refractivity contribution is 6.32. The summed E-state index contributed by atoms with van der Waals surface area (Å²) in [4.78, 5) is 32.9. The SMILES string of the molecule is CC(C)OC(=O)c1cnc(Oc2ccc(CCNc3ncnc4nccnc34)cc2)c(Cl)c1. The van der Waals surface area contributed by atoms with E-state index in [0.29, 0.717) is 29.3 Å². The summed E-state index contributed by atoms with van der Waals surface area (Å²) in [5.41, 5.74) is 2.56. The molecule has 3 aromatic heterocycles. The average Bonchev–Trinajstić information content (AvgIpc) is 2.81. The molecule has 4 rings (SSSR count). The van der Waals surface area contributed by atoms with Crippen LogP contribution >= 0.6 is 11.6 Å². The Hall–Kier alpha value is -3.85. The Morgan fingerprint density at radius 3 is 2.61 bits per heavy atom. The van der Waals surface area contributed by atoms with Gasteiger partial charge in [-0.25, -0.2) is 29.7 Å².